The Bertz CT molecular complexity index is 1080. The van der Waals surface area contributed by atoms with Crippen LogP contribution in [0.4, 0.5) is 10.1 Å². The number of amides is 1. The Kier molecular flexibility index (Phi) is 6.49. The number of hydrogen-bond donors (Lipinski definition) is 1. The molecule has 8 heteroatoms. The van der Waals surface area contributed by atoms with Gasteiger partial charge in [0.1, 0.15) is 18.2 Å². The third-order valence-electron chi connectivity index (χ3n) is 4.33. The zero-order chi connectivity index (χ0) is 21.5. The first kappa shape index (κ1) is 20.7. The van der Waals surface area contributed by atoms with Crippen molar-refractivity contribution in [3.63, 3.8) is 0 Å². The number of benzene rings is 3. The van der Waals surface area contributed by atoms with Crippen molar-refractivity contribution in [2.75, 3.05) is 0 Å². The summed E-state index contributed by atoms with van der Waals surface area (Å²) in [6.07, 6.45) is 1.45. The van der Waals surface area contributed by atoms with E-state index in [4.69, 9.17) is 4.74 Å². The van der Waals surface area contributed by atoms with Crippen molar-refractivity contribution < 1.29 is 18.8 Å². The molecule has 0 radical (unpaired) electrons. The van der Waals surface area contributed by atoms with Crippen LogP contribution in [0.5, 0.6) is 5.75 Å². The van der Waals surface area contributed by atoms with Crippen LogP contribution >= 0.6 is 0 Å². The summed E-state index contributed by atoms with van der Waals surface area (Å²) in [5.41, 5.74) is 4.28. The number of carbonyl (C=O) groups excluding carboxylic acids is 1. The number of nitro groups is 1. The second kappa shape index (κ2) is 9.42. The van der Waals surface area contributed by atoms with Gasteiger partial charge in [-0.15, -0.1) is 0 Å². The van der Waals surface area contributed by atoms with Crippen LogP contribution in [0.2, 0.25) is 0 Å². The van der Waals surface area contributed by atoms with E-state index in [1.165, 1.54) is 43.5 Å². The molecule has 0 heterocycles. The van der Waals surface area contributed by atoms with E-state index in [-0.39, 0.29) is 22.6 Å². The second-order valence-corrected chi connectivity index (χ2v) is 6.39. The van der Waals surface area contributed by atoms with Crippen molar-refractivity contribution in [1.82, 2.24) is 5.43 Å². The minimum atomic E-state index is -0.535. The molecule has 0 saturated heterocycles. The van der Waals surface area contributed by atoms with E-state index in [2.05, 4.69) is 10.5 Å². The van der Waals surface area contributed by atoms with Crippen LogP contribution in [0.1, 0.15) is 27.0 Å². The lowest BCUT2D eigenvalue weighted by atomic mass is 10.1. The van der Waals surface area contributed by atoms with Crippen molar-refractivity contribution in [2.45, 2.75) is 13.5 Å². The van der Waals surface area contributed by atoms with Gasteiger partial charge < -0.3 is 4.74 Å². The van der Waals surface area contributed by atoms with E-state index in [0.29, 0.717) is 12.4 Å². The van der Waals surface area contributed by atoms with Crippen molar-refractivity contribution in [3.8, 4) is 5.75 Å². The number of hydrogen-bond acceptors (Lipinski definition) is 5. The maximum Gasteiger partial charge on any atom is 0.273 e. The quantitative estimate of drug-likeness (QED) is 0.357. The molecule has 3 rings (SSSR count). The van der Waals surface area contributed by atoms with E-state index >= 15 is 0 Å². The number of hydrazone groups is 1. The fraction of sp³-hybridized carbons (Fsp3) is 0.0909. The minimum absolute atomic E-state index is 0.122. The molecule has 0 aliphatic carbocycles. The summed E-state index contributed by atoms with van der Waals surface area (Å²) in [5.74, 6) is -0.199. The summed E-state index contributed by atoms with van der Waals surface area (Å²) in [6.45, 7) is 1.83. The van der Waals surface area contributed by atoms with Crippen LogP contribution in [0, 0.1) is 22.9 Å². The SMILES string of the molecule is Cc1c(C(=O)N/N=C\c2ccc(OCc3ccc(F)cc3)cc2)cccc1[N+](=O)[O-]. The maximum atomic E-state index is 12.9. The highest BCUT2D eigenvalue weighted by Gasteiger charge is 2.17. The van der Waals surface area contributed by atoms with Crippen molar-refractivity contribution in [3.05, 3.63) is 105 Å². The van der Waals surface area contributed by atoms with Crippen LogP contribution in [0.3, 0.4) is 0 Å². The molecule has 0 bridgehead atoms. The van der Waals surface area contributed by atoms with E-state index < -0.39 is 10.8 Å². The highest BCUT2D eigenvalue weighted by Crippen LogP contribution is 2.21. The zero-order valence-corrected chi connectivity index (χ0v) is 16.0. The van der Waals surface area contributed by atoms with Gasteiger partial charge in [0.2, 0.25) is 0 Å². The van der Waals surface area contributed by atoms with Gasteiger partial charge in [0, 0.05) is 11.6 Å². The number of nitrogens with one attached hydrogen (secondary N) is 1. The van der Waals surface area contributed by atoms with Gasteiger partial charge in [0.15, 0.2) is 0 Å². The van der Waals surface area contributed by atoms with Crippen molar-refractivity contribution >= 4 is 17.8 Å². The Labute approximate surface area is 172 Å². The topological polar surface area (TPSA) is 93.8 Å². The first-order chi connectivity index (χ1) is 14.4. The minimum Gasteiger partial charge on any atom is -0.489 e. The number of carbonyl (C=O) groups is 1. The standard InChI is InChI=1S/C22H18FN3O4/c1-15-20(3-2-4-21(15)26(28)29)22(27)25-24-13-16-7-11-19(12-8-16)30-14-17-5-9-18(23)10-6-17/h2-13H,14H2,1H3,(H,25,27)/b24-13-. The number of rotatable bonds is 7. The molecule has 0 unspecified atom stereocenters. The first-order valence-electron chi connectivity index (χ1n) is 8.99. The molecule has 1 amide bonds. The Morgan fingerprint density at radius 1 is 1.13 bits per heavy atom. The molecular formula is C22H18FN3O4. The highest BCUT2D eigenvalue weighted by atomic mass is 19.1. The summed E-state index contributed by atoms with van der Waals surface area (Å²) in [4.78, 5) is 22.7. The van der Waals surface area contributed by atoms with Crippen molar-refractivity contribution in [2.24, 2.45) is 5.10 Å². The molecule has 3 aromatic rings. The molecule has 0 saturated carbocycles. The van der Waals surface area contributed by atoms with Crippen LogP contribution in [0.15, 0.2) is 71.8 Å². The van der Waals surface area contributed by atoms with E-state index in [1.54, 1.807) is 36.4 Å². The first-order valence-corrected chi connectivity index (χ1v) is 8.99. The summed E-state index contributed by atoms with van der Waals surface area (Å²) in [7, 11) is 0. The van der Waals surface area contributed by atoms with Gasteiger partial charge in [0.05, 0.1) is 16.7 Å². The van der Waals surface area contributed by atoms with Crippen molar-refractivity contribution in [1.29, 1.82) is 0 Å². The highest BCUT2D eigenvalue weighted by molar-refractivity contribution is 5.97. The second-order valence-electron chi connectivity index (χ2n) is 6.39. The van der Waals surface area contributed by atoms with Gasteiger partial charge in [-0.25, -0.2) is 9.82 Å². The number of nitro benzene ring substituents is 1. The summed E-state index contributed by atoms with van der Waals surface area (Å²) in [6, 6.07) is 17.4. The molecule has 3 aromatic carbocycles. The van der Waals surface area contributed by atoms with Gasteiger partial charge in [0.25, 0.3) is 11.6 Å². The Balaban J connectivity index is 1.56. The molecule has 152 valence electrons. The largest absolute Gasteiger partial charge is 0.489 e. The van der Waals surface area contributed by atoms with Gasteiger partial charge >= 0.3 is 0 Å². The van der Waals surface area contributed by atoms with Crippen LogP contribution in [0.25, 0.3) is 0 Å². The van der Waals surface area contributed by atoms with Gasteiger partial charge in [-0.1, -0.05) is 18.2 Å². The average molecular weight is 407 g/mol. The molecule has 0 aliphatic rings. The molecule has 0 spiro atoms. The molecule has 0 aliphatic heterocycles. The molecule has 30 heavy (non-hydrogen) atoms. The van der Waals surface area contributed by atoms with E-state index in [0.717, 1.165) is 11.1 Å². The number of nitrogens with zero attached hydrogens (tertiary/aromatic N) is 2. The molecule has 1 N–H and O–H groups in total. The van der Waals surface area contributed by atoms with Crippen LogP contribution in [-0.4, -0.2) is 17.0 Å². The van der Waals surface area contributed by atoms with Gasteiger partial charge in [-0.3, -0.25) is 14.9 Å². The Morgan fingerprint density at radius 2 is 1.83 bits per heavy atom. The van der Waals surface area contributed by atoms with E-state index in [9.17, 15) is 19.3 Å². The number of halogens is 1. The van der Waals surface area contributed by atoms with Gasteiger partial charge in [-0.2, -0.15) is 5.10 Å². The van der Waals surface area contributed by atoms with Crippen LogP contribution < -0.4 is 10.2 Å². The molecular weight excluding hydrogens is 389 g/mol. The smallest absolute Gasteiger partial charge is 0.273 e. The maximum absolute atomic E-state index is 12.9. The lowest BCUT2D eigenvalue weighted by molar-refractivity contribution is -0.385. The molecule has 0 aromatic heterocycles. The summed E-state index contributed by atoms with van der Waals surface area (Å²) < 4.78 is 18.5. The predicted octanol–water partition coefficient (Wildman–Crippen LogP) is 4.39. The fourth-order valence-electron chi connectivity index (χ4n) is 2.69. The zero-order valence-electron chi connectivity index (χ0n) is 16.0. The predicted molar refractivity (Wildman–Crippen MR) is 110 cm³/mol. The summed E-state index contributed by atoms with van der Waals surface area (Å²) in [5, 5.41) is 14.9. The van der Waals surface area contributed by atoms with E-state index in [1.807, 2.05) is 0 Å². The normalized spacial score (nSPS) is 10.7. The average Bonchev–Trinajstić information content (AvgIpc) is 2.74. The Hall–Kier alpha value is -4.07. The number of ether oxygens (including phenoxy) is 1. The third kappa shape index (κ3) is 5.26. The molecule has 0 fully saturated rings. The van der Waals surface area contributed by atoms with Crippen LogP contribution in [-0.2, 0) is 6.61 Å². The fourth-order valence-corrected chi connectivity index (χ4v) is 2.69. The third-order valence-corrected chi connectivity index (χ3v) is 4.33. The molecule has 0 atom stereocenters. The lowest BCUT2D eigenvalue weighted by Crippen LogP contribution is -2.19. The monoisotopic (exact) mass is 407 g/mol. The Morgan fingerprint density at radius 3 is 2.50 bits per heavy atom. The summed E-state index contributed by atoms with van der Waals surface area (Å²) >= 11 is 0. The lowest BCUT2D eigenvalue weighted by Gasteiger charge is -2.06. The van der Waals surface area contributed by atoms with Gasteiger partial charge in [-0.05, 0) is 60.5 Å². The molecule has 7 nitrogen and oxygen atoms in total.